The van der Waals surface area contributed by atoms with Crippen molar-refractivity contribution < 1.29 is 0 Å². The van der Waals surface area contributed by atoms with Crippen molar-refractivity contribution in [1.29, 1.82) is 5.41 Å². The second-order valence-corrected chi connectivity index (χ2v) is 14.0. The van der Waals surface area contributed by atoms with Gasteiger partial charge in [-0.05, 0) is 70.0 Å². The van der Waals surface area contributed by atoms with Crippen LogP contribution in [0.1, 0.15) is 79.1 Å². The van der Waals surface area contributed by atoms with Crippen LogP contribution in [0.2, 0.25) is 0 Å². The zero-order chi connectivity index (χ0) is 30.9. The van der Waals surface area contributed by atoms with Crippen LogP contribution in [0.3, 0.4) is 0 Å². The van der Waals surface area contributed by atoms with E-state index in [0.29, 0.717) is 11.5 Å². The van der Waals surface area contributed by atoms with Gasteiger partial charge in [0.2, 0.25) is 0 Å². The van der Waals surface area contributed by atoms with Crippen molar-refractivity contribution in [3.8, 4) is 11.1 Å². The summed E-state index contributed by atoms with van der Waals surface area (Å²) < 4.78 is 0. The molecule has 5 heteroatoms. The smallest absolute Gasteiger partial charge is 0.172 e. The standard InChI is InChI=1S/C37H45N5/c1-35(2,3)27-13-19-30(20-14-27)42(31-21-15-28(16-22-31)36(4,5)6)29-17-10-25(11-18-29)26-12-23-32(40-24-26)33(38)41-34(39)37(7,8)9/h10-24H,1-9H3,(H3,38,39,41). The number of amidine groups is 2. The van der Waals surface area contributed by atoms with E-state index in [1.165, 1.54) is 11.1 Å². The van der Waals surface area contributed by atoms with Gasteiger partial charge in [-0.2, -0.15) is 0 Å². The molecular formula is C37H45N5. The molecule has 1 aromatic heterocycles. The lowest BCUT2D eigenvalue weighted by Crippen LogP contribution is -2.30. The SMILES string of the molecule is CC(C)(C)C(N)=NC(=N)c1ccc(-c2ccc(N(c3ccc(C(C)(C)C)cc3)c3ccc(C(C)(C)C)cc3)cc2)cn1. The fourth-order valence-electron chi connectivity index (χ4n) is 4.52. The fraction of sp³-hybridized carbons (Fsp3) is 0.324. The number of nitrogens with two attached hydrogens (primary N) is 1. The van der Waals surface area contributed by atoms with Crippen molar-refractivity contribution in [1.82, 2.24) is 4.98 Å². The van der Waals surface area contributed by atoms with Gasteiger partial charge in [-0.1, -0.05) is 105 Å². The summed E-state index contributed by atoms with van der Waals surface area (Å²) in [6.45, 7) is 19.4. The molecule has 3 N–H and O–H groups in total. The summed E-state index contributed by atoms with van der Waals surface area (Å²) in [6.07, 6.45) is 1.79. The maximum Gasteiger partial charge on any atom is 0.172 e. The third-order valence-electron chi connectivity index (χ3n) is 7.45. The van der Waals surface area contributed by atoms with Gasteiger partial charge < -0.3 is 10.6 Å². The van der Waals surface area contributed by atoms with Crippen molar-refractivity contribution in [3.63, 3.8) is 0 Å². The highest BCUT2D eigenvalue weighted by Gasteiger charge is 2.19. The number of aliphatic imine (C=N–C) groups is 1. The first-order valence-electron chi connectivity index (χ1n) is 14.6. The van der Waals surface area contributed by atoms with E-state index in [1.54, 1.807) is 6.20 Å². The molecule has 218 valence electrons. The lowest BCUT2D eigenvalue weighted by atomic mass is 9.86. The third kappa shape index (κ3) is 7.14. The number of hydrogen-bond donors (Lipinski definition) is 2. The Balaban J connectivity index is 1.66. The van der Waals surface area contributed by atoms with E-state index in [2.05, 4.69) is 129 Å². The molecule has 0 bridgehead atoms. The highest BCUT2D eigenvalue weighted by Crippen LogP contribution is 2.37. The van der Waals surface area contributed by atoms with Gasteiger partial charge in [0.1, 0.15) is 11.5 Å². The van der Waals surface area contributed by atoms with Crippen molar-refractivity contribution in [2.45, 2.75) is 73.1 Å². The number of benzene rings is 3. The highest BCUT2D eigenvalue weighted by molar-refractivity contribution is 6.04. The molecule has 0 spiro atoms. The number of anilines is 3. The Labute approximate surface area is 252 Å². The van der Waals surface area contributed by atoms with E-state index in [9.17, 15) is 0 Å². The van der Waals surface area contributed by atoms with Gasteiger partial charge in [0, 0.05) is 34.2 Å². The maximum atomic E-state index is 8.31. The van der Waals surface area contributed by atoms with E-state index < -0.39 is 0 Å². The zero-order valence-corrected chi connectivity index (χ0v) is 26.6. The first-order valence-corrected chi connectivity index (χ1v) is 14.6. The predicted molar refractivity (Wildman–Crippen MR) is 180 cm³/mol. The molecule has 0 saturated heterocycles. The van der Waals surface area contributed by atoms with Crippen molar-refractivity contribution in [3.05, 3.63) is 108 Å². The first-order chi connectivity index (χ1) is 19.5. The molecule has 4 rings (SSSR count). The van der Waals surface area contributed by atoms with Gasteiger partial charge in [0.05, 0.1) is 0 Å². The Morgan fingerprint density at radius 1 is 0.619 bits per heavy atom. The number of pyridine rings is 1. The largest absolute Gasteiger partial charge is 0.387 e. The van der Waals surface area contributed by atoms with Crippen LogP contribution in [0.15, 0.2) is 96.1 Å². The molecule has 4 aromatic rings. The summed E-state index contributed by atoms with van der Waals surface area (Å²) >= 11 is 0. The lowest BCUT2D eigenvalue weighted by molar-refractivity contribution is 0.585. The fourth-order valence-corrected chi connectivity index (χ4v) is 4.52. The monoisotopic (exact) mass is 559 g/mol. The number of hydrogen-bond acceptors (Lipinski definition) is 3. The summed E-state index contributed by atoms with van der Waals surface area (Å²) in [5.41, 5.74) is 14.4. The normalized spacial score (nSPS) is 12.7. The van der Waals surface area contributed by atoms with Crippen LogP contribution in [0, 0.1) is 10.8 Å². The van der Waals surface area contributed by atoms with E-state index in [-0.39, 0.29) is 22.1 Å². The van der Waals surface area contributed by atoms with Crippen LogP contribution in [0.5, 0.6) is 0 Å². The summed E-state index contributed by atoms with van der Waals surface area (Å²) in [6, 6.07) is 30.1. The van der Waals surface area contributed by atoms with Crippen LogP contribution < -0.4 is 10.6 Å². The van der Waals surface area contributed by atoms with Gasteiger partial charge in [0.25, 0.3) is 0 Å². The Bertz CT molecular complexity index is 1480. The van der Waals surface area contributed by atoms with E-state index in [4.69, 9.17) is 11.1 Å². The third-order valence-corrected chi connectivity index (χ3v) is 7.45. The first kappa shape index (κ1) is 30.7. The van der Waals surface area contributed by atoms with E-state index in [1.807, 2.05) is 32.9 Å². The molecule has 5 nitrogen and oxygen atoms in total. The minimum absolute atomic E-state index is 0.0647. The molecule has 0 fully saturated rings. The molecular weight excluding hydrogens is 514 g/mol. The van der Waals surface area contributed by atoms with E-state index >= 15 is 0 Å². The number of aromatic nitrogens is 1. The van der Waals surface area contributed by atoms with Crippen LogP contribution in [-0.2, 0) is 10.8 Å². The quantitative estimate of drug-likeness (QED) is 0.189. The molecule has 0 unspecified atom stereocenters. The van der Waals surface area contributed by atoms with Gasteiger partial charge in [-0.15, -0.1) is 0 Å². The molecule has 1 heterocycles. The Hall–Kier alpha value is -4.25. The predicted octanol–water partition coefficient (Wildman–Crippen LogP) is 9.54. The van der Waals surface area contributed by atoms with Gasteiger partial charge in [-0.25, -0.2) is 4.99 Å². The molecule has 0 aliphatic carbocycles. The number of nitrogens with zero attached hydrogens (tertiary/aromatic N) is 3. The molecule has 0 saturated carbocycles. The molecule has 0 atom stereocenters. The minimum atomic E-state index is -0.300. The van der Waals surface area contributed by atoms with E-state index in [0.717, 1.165) is 28.2 Å². The Morgan fingerprint density at radius 2 is 1.02 bits per heavy atom. The molecule has 0 amide bonds. The molecule has 0 radical (unpaired) electrons. The Kier molecular flexibility index (Phi) is 8.45. The Morgan fingerprint density at radius 3 is 1.38 bits per heavy atom. The van der Waals surface area contributed by atoms with Gasteiger partial charge in [-0.3, -0.25) is 10.4 Å². The van der Waals surface area contributed by atoms with Gasteiger partial charge in [0.15, 0.2) is 5.84 Å². The average molecular weight is 560 g/mol. The molecule has 3 aromatic carbocycles. The van der Waals surface area contributed by atoms with Gasteiger partial charge >= 0.3 is 0 Å². The molecule has 0 aliphatic heterocycles. The summed E-state index contributed by atoms with van der Waals surface area (Å²) in [5.74, 6) is 0.481. The number of nitrogens with one attached hydrogen (secondary N) is 1. The van der Waals surface area contributed by atoms with Crippen LogP contribution >= 0.6 is 0 Å². The second-order valence-electron chi connectivity index (χ2n) is 14.0. The average Bonchev–Trinajstić information content (AvgIpc) is 2.93. The molecule has 0 aliphatic rings. The van der Waals surface area contributed by atoms with Crippen molar-refractivity contribution in [2.24, 2.45) is 16.1 Å². The minimum Gasteiger partial charge on any atom is -0.387 e. The van der Waals surface area contributed by atoms with Crippen molar-refractivity contribution >= 4 is 28.7 Å². The van der Waals surface area contributed by atoms with Crippen LogP contribution in [0.4, 0.5) is 17.1 Å². The topological polar surface area (TPSA) is 78.4 Å². The van der Waals surface area contributed by atoms with Crippen molar-refractivity contribution in [2.75, 3.05) is 4.90 Å². The molecule has 42 heavy (non-hydrogen) atoms. The highest BCUT2D eigenvalue weighted by atomic mass is 15.1. The van der Waals surface area contributed by atoms with Crippen LogP contribution in [-0.4, -0.2) is 16.7 Å². The summed E-state index contributed by atoms with van der Waals surface area (Å²) in [5, 5.41) is 8.31. The lowest BCUT2D eigenvalue weighted by Gasteiger charge is -2.28. The second kappa shape index (κ2) is 11.6. The number of rotatable bonds is 5. The summed E-state index contributed by atoms with van der Waals surface area (Å²) in [4.78, 5) is 11.1. The van der Waals surface area contributed by atoms with Crippen LogP contribution in [0.25, 0.3) is 11.1 Å². The zero-order valence-electron chi connectivity index (χ0n) is 26.6. The summed E-state index contributed by atoms with van der Waals surface area (Å²) in [7, 11) is 0. The maximum absolute atomic E-state index is 8.31.